The highest BCUT2D eigenvalue weighted by Gasteiger charge is 2.34. The number of anilines is 3. The number of sulfonamides is 2. The first kappa shape index (κ1) is 27.8. The Morgan fingerprint density at radius 2 is 1.28 bits per heavy atom. The normalized spacial score (nSPS) is 12.2. The van der Waals surface area contributed by atoms with Crippen molar-refractivity contribution in [2.75, 3.05) is 14.9 Å². The Bertz CT molecular complexity index is 1780. The van der Waals surface area contributed by atoms with Gasteiger partial charge in [-0.15, -0.1) is 0 Å². The molecule has 0 amide bonds. The molecule has 3 aromatic carbocycles. The molecule has 10 nitrogen and oxygen atoms in total. The fraction of sp³-hybridized carbons (Fsp3) is 0.125. The first-order chi connectivity index (χ1) is 18.2. The number of oxazole rings is 1. The molecule has 0 bridgehead atoms. The van der Waals surface area contributed by atoms with Crippen molar-refractivity contribution in [2.45, 2.75) is 29.8 Å². The summed E-state index contributed by atoms with van der Waals surface area (Å²) >= 11 is 0. The Morgan fingerprint density at radius 1 is 0.769 bits per heavy atom. The van der Waals surface area contributed by atoms with E-state index < -0.39 is 54.9 Å². The lowest BCUT2D eigenvalue weighted by Crippen LogP contribution is -2.31. The predicted octanol–water partition coefficient (Wildman–Crippen LogP) is 4.55. The van der Waals surface area contributed by atoms with E-state index in [4.69, 9.17) is 4.42 Å². The third-order valence-corrected chi connectivity index (χ3v) is 8.06. The molecular formula is C24H21F3N4O6S2. The molecule has 0 unspecified atom stereocenters. The van der Waals surface area contributed by atoms with Gasteiger partial charge in [-0.25, -0.2) is 22.8 Å². The van der Waals surface area contributed by atoms with E-state index in [0.717, 1.165) is 29.3 Å². The number of nitrogens with one attached hydrogen (secondary N) is 3. The second-order valence-corrected chi connectivity index (χ2v) is 11.7. The maximum absolute atomic E-state index is 13.7. The van der Waals surface area contributed by atoms with Crippen molar-refractivity contribution in [3.05, 3.63) is 100 Å². The molecule has 39 heavy (non-hydrogen) atoms. The van der Waals surface area contributed by atoms with E-state index in [9.17, 15) is 34.8 Å². The van der Waals surface area contributed by atoms with Crippen LogP contribution in [0.25, 0.3) is 0 Å². The Kier molecular flexibility index (Phi) is 7.23. The molecule has 0 aliphatic rings. The second kappa shape index (κ2) is 10.1. The Labute approximate surface area is 221 Å². The lowest BCUT2D eigenvalue weighted by Gasteiger charge is -2.16. The van der Waals surface area contributed by atoms with Crippen molar-refractivity contribution >= 4 is 37.4 Å². The fourth-order valence-corrected chi connectivity index (χ4v) is 5.40. The molecule has 206 valence electrons. The zero-order valence-corrected chi connectivity index (χ0v) is 21.9. The van der Waals surface area contributed by atoms with E-state index in [2.05, 4.69) is 5.32 Å². The Balaban J connectivity index is 1.84. The van der Waals surface area contributed by atoms with Crippen LogP contribution >= 0.6 is 0 Å². The van der Waals surface area contributed by atoms with Gasteiger partial charge in [-0.2, -0.15) is 26.3 Å². The quantitative estimate of drug-likeness (QED) is 0.277. The van der Waals surface area contributed by atoms with Gasteiger partial charge in [0.1, 0.15) is 0 Å². The molecule has 0 aliphatic carbocycles. The number of nitrogens with zero attached hydrogens (tertiary/aromatic N) is 1. The maximum Gasteiger partial charge on any atom is 0.442 e. The number of para-hydroxylation sites is 1. The summed E-state index contributed by atoms with van der Waals surface area (Å²) < 4.78 is 100. The first-order valence-electron chi connectivity index (χ1n) is 11.1. The van der Waals surface area contributed by atoms with Crippen molar-refractivity contribution < 1.29 is 34.4 Å². The van der Waals surface area contributed by atoms with E-state index in [1.807, 2.05) is 9.55 Å². The largest absolute Gasteiger partial charge is 0.442 e. The molecule has 0 aliphatic heterocycles. The molecule has 3 N–H and O–H groups in total. The van der Waals surface area contributed by atoms with Crippen LogP contribution in [0.15, 0.2) is 91.8 Å². The summed E-state index contributed by atoms with van der Waals surface area (Å²) in [5.74, 6) is -3.04. The molecule has 0 saturated carbocycles. The van der Waals surface area contributed by atoms with Crippen molar-refractivity contribution in [1.82, 2.24) is 4.68 Å². The number of hydrogen-bond acceptors (Lipinski definition) is 7. The van der Waals surface area contributed by atoms with Crippen molar-refractivity contribution in [3.8, 4) is 0 Å². The number of halogens is 3. The average Bonchev–Trinajstić information content (AvgIpc) is 3.12. The summed E-state index contributed by atoms with van der Waals surface area (Å²) in [5, 5.41) is 2.30. The van der Waals surface area contributed by atoms with Gasteiger partial charge in [-0.3, -0.25) is 0 Å². The van der Waals surface area contributed by atoms with Gasteiger partial charge < -0.3 is 9.73 Å². The number of alkyl halides is 3. The van der Waals surface area contributed by atoms with E-state index in [1.165, 1.54) is 54.6 Å². The number of aryl methyl sites for hydroxylation is 2. The van der Waals surface area contributed by atoms with Gasteiger partial charge in [0.15, 0.2) is 5.82 Å². The van der Waals surface area contributed by atoms with Gasteiger partial charge in [-0.1, -0.05) is 47.5 Å². The van der Waals surface area contributed by atoms with Gasteiger partial charge in [0.05, 0.1) is 21.0 Å². The molecule has 1 aromatic heterocycles. The molecule has 0 saturated heterocycles. The number of rotatable bonds is 8. The topological polar surface area (TPSA) is 140 Å². The monoisotopic (exact) mass is 582 g/mol. The Hall–Kier alpha value is -4.24. The summed E-state index contributed by atoms with van der Waals surface area (Å²) in [6.45, 7) is 3.44. The van der Waals surface area contributed by atoms with Crippen LogP contribution in [0.2, 0.25) is 0 Å². The summed E-state index contributed by atoms with van der Waals surface area (Å²) in [6.07, 6.45) is -4.85. The van der Waals surface area contributed by atoms with Gasteiger partial charge in [-0.05, 0) is 50.2 Å². The van der Waals surface area contributed by atoms with E-state index in [0.29, 0.717) is 0 Å². The van der Waals surface area contributed by atoms with Crippen LogP contribution in [0, 0.1) is 13.8 Å². The van der Waals surface area contributed by atoms with Crippen LogP contribution in [0.4, 0.5) is 30.6 Å². The van der Waals surface area contributed by atoms with Gasteiger partial charge in [0, 0.05) is 0 Å². The lowest BCUT2D eigenvalue weighted by molar-refractivity contribution is -0.136. The van der Waals surface area contributed by atoms with Crippen LogP contribution in [-0.2, 0) is 26.2 Å². The molecule has 15 heteroatoms. The smallest absolute Gasteiger partial charge is 0.387 e. The van der Waals surface area contributed by atoms with Gasteiger partial charge in [0.25, 0.3) is 25.9 Å². The molecule has 0 radical (unpaired) electrons. The van der Waals surface area contributed by atoms with Crippen LogP contribution in [-0.4, -0.2) is 21.5 Å². The third kappa shape index (κ3) is 6.09. The molecular weight excluding hydrogens is 561 g/mol. The van der Waals surface area contributed by atoms with Crippen molar-refractivity contribution in [3.63, 3.8) is 0 Å². The maximum atomic E-state index is 13.7. The highest BCUT2D eigenvalue weighted by molar-refractivity contribution is 7.93. The summed E-state index contributed by atoms with van der Waals surface area (Å²) in [7, 11) is -8.90. The van der Waals surface area contributed by atoms with E-state index in [-0.39, 0.29) is 14.5 Å². The molecule has 0 fully saturated rings. The summed E-state index contributed by atoms with van der Waals surface area (Å²) in [5.41, 5.74) is -0.277. The van der Waals surface area contributed by atoms with Crippen LogP contribution in [0.3, 0.4) is 0 Å². The first-order valence-corrected chi connectivity index (χ1v) is 14.0. The molecule has 0 atom stereocenters. The van der Waals surface area contributed by atoms with Crippen LogP contribution < -0.4 is 20.6 Å². The summed E-state index contributed by atoms with van der Waals surface area (Å²) in [4.78, 5) is 14.1. The van der Waals surface area contributed by atoms with Crippen LogP contribution in [0.1, 0.15) is 16.7 Å². The summed E-state index contributed by atoms with van der Waals surface area (Å²) in [6, 6.07) is 15.1. The zero-order chi connectivity index (χ0) is 28.6. The standard InChI is InChI=1S/C24H21F3N4O6S2/c1-15-7-11-17(12-8-15)38(33,34)29-22-21(28-20-6-4-3-5-19(20)24(25,26)27)31(23(32)37-22)30-39(35,36)18-13-9-16(2)10-14-18/h3-14,28-30H,1-2H3. The lowest BCUT2D eigenvalue weighted by atomic mass is 10.1. The van der Waals surface area contributed by atoms with E-state index in [1.54, 1.807) is 13.8 Å². The number of aromatic nitrogens is 1. The SMILES string of the molecule is Cc1ccc(S(=O)(=O)Nc2oc(=O)n(NS(=O)(=O)c3ccc(C)cc3)c2Nc2ccccc2C(F)(F)F)cc1. The third-order valence-electron chi connectivity index (χ3n) is 5.40. The highest BCUT2D eigenvalue weighted by atomic mass is 32.2. The molecule has 4 aromatic rings. The highest BCUT2D eigenvalue weighted by Crippen LogP contribution is 2.37. The number of benzene rings is 3. The van der Waals surface area contributed by atoms with Crippen LogP contribution in [0.5, 0.6) is 0 Å². The predicted molar refractivity (Wildman–Crippen MR) is 137 cm³/mol. The van der Waals surface area contributed by atoms with Gasteiger partial charge in [0.2, 0.25) is 0 Å². The minimum atomic E-state index is -4.85. The molecule has 0 spiro atoms. The number of hydrogen-bond donors (Lipinski definition) is 3. The van der Waals surface area contributed by atoms with Crippen molar-refractivity contribution in [1.29, 1.82) is 0 Å². The second-order valence-electron chi connectivity index (χ2n) is 8.38. The zero-order valence-electron chi connectivity index (χ0n) is 20.3. The molecule has 1 heterocycles. The van der Waals surface area contributed by atoms with E-state index >= 15 is 0 Å². The minimum absolute atomic E-state index is 0.245. The van der Waals surface area contributed by atoms with Gasteiger partial charge >= 0.3 is 11.9 Å². The van der Waals surface area contributed by atoms with Crippen molar-refractivity contribution in [2.24, 2.45) is 0 Å². The fourth-order valence-electron chi connectivity index (χ4n) is 3.39. The molecule has 4 rings (SSSR count). The minimum Gasteiger partial charge on any atom is -0.387 e. The average molecular weight is 583 g/mol. The Morgan fingerprint density at radius 3 is 1.82 bits per heavy atom.